The third-order valence-corrected chi connectivity index (χ3v) is 10.7. The van der Waals surface area contributed by atoms with Gasteiger partial charge in [-0.15, -0.1) is 11.3 Å². The maximum Gasteiger partial charge on any atom is 0.165 e. The Bertz CT molecular complexity index is 2800. The van der Waals surface area contributed by atoms with E-state index in [0.717, 1.165) is 54.5 Å². The quantitative estimate of drug-likeness (QED) is 0.185. The molecule has 0 spiro atoms. The number of benzene rings is 7. The smallest absolute Gasteiger partial charge is 0.165 e. The van der Waals surface area contributed by atoms with Gasteiger partial charge in [0.15, 0.2) is 17.5 Å². The van der Waals surface area contributed by atoms with E-state index in [1.54, 1.807) is 11.3 Å². The molecular weight excluding hydrogens is 631 g/mol. The molecule has 0 fully saturated rings. The van der Waals surface area contributed by atoms with Gasteiger partial charge in [0, 0.05) is 58.8 Å². The summed E-state index contributed by atoms with van der Waals surface area (Å²) < 4.78 is 9.04. The number of hydrogen-bond acceptors (Lipinski definition) is 5. The Morgan fingerprint density at radius 1 is 0.360 bits per heavy atom. The summed E-state index contributed by atoms with van der Waals surface area (Å²) in [5, 5.41) is 4.62. The Morgan fingerprint density at radius 3 is 1.52 bits per heavy atom. The van der Waals surface area contributed by atoms with E-state index in [1.807, 2.05) is 66.7 Å². The lowest BCUT2D eigenvalue weighted by Gasteiger charge is -2.09. The third-order valence-electron chi connectivity index (χ3n) is 9.37. The molecule has 0 saturated carbocycles. The minimum absolute atomic E-state index is 0.652. The number of para-hydroxylation sites is 1. The average molecular weight is 658 g/mol. The molecule has 0 bridgehead atoms. The van der Waals surface area contributed by atoms with Crippen LogP contribution in [0.15, 0.2) is 168 Å². The lowest BCUT2D eigenvalue weighted by molar-refractivity contribution is 0.670. The van der Waals surface area contributed by atoms with Crippen LogP contribution in [0.2, 0.25) is 0 Å². The molecule has 0 radical (unpaired) electrons. The van der Waals surface area contributed by atoms with Gasteiger partial charge in [-0.1, -0.05) is 146 Å². The van der Waals surface area contributed by atoms with Crippen molar-refractivity contribution in [2.24, 2.45) is 0 Å². The Hall–Kier alpha value is -6.43. The number of hydrogen-bond donors (Lipinski definition) is 0. The fourth-order valence-corrected chi connectivity index (χ4v) is 8.37. The molecule has 0 amide bonds. The highest BCUT2D eigenvalue weighted by Crippen LogP contribution is 2.47. The van der Waals surface area contributed by atoms with Crippen LogP contribution in [0.4, 0.5) is 0 Å². The van der Waals surface area contributed by atoms with Crippen LogP contribution in [0.25, 0.3) is 98.5 Å². The molecule has 10 aromatic rings. The highest BCUT2D eigenvalue weighted by atomic mass is 32.1. The third kappa shape index (κ3) is 4.63. The largest absolute Gasteiger partial charge is 0.455 e. The SMILES string of the molecule is c1ccc(-c2nc(-c3ccccc3)nc(-c3cccc4c3sc3c(-c5ccc(-c6ccccc6)c6c5oc5ccccc56)cccc34)n2)cc1. The molecule has 0 saturated heterocycles. The fourth-order valence-electron chi connectivity index (χ4n) is 7.04. The topological polar surface area (TPSA) is 51.8 Å². The molecule has 0 N–H and O–H groups in total. The molecule has 0 unspecified atom stereocenters. The van der Waals surface area contributed by atoms with Crippen LogP contribution in [-0.2, 0) is 0 Å². The van der Waals surface area contributed by atoms with Crippen molar-refractivity contribution in [1.82, 2.24) is 15.0 Å². The van der Waals surface area contributed by atoms with E-state index < -0.39 is 0 Å². The van der Waals surface area contributed by atoms with Gasteiger partial charge in [-0.2, -0.15) is 0 Å². The molecule has 5 heteroatoms. The van der Waals surface area contributed by atoms with Gasteiger partial charge in [0.25, 0.3) is 0 Å². The second kappa shape index (κ2) is 11.6. The second-order valence-electron chi connectivity index (χ2n) is 12.3. The molecular formula is C45H27N3OS. The van der Waals surface area contributed by atoms with Crippen LogP contribution < -0.4 is 0 Å². The van der Waals surface area contributed by atoms with Gasteiger partial charge in [0.05, 0.1) is 0 Å². The summed E-state index contributed by atoms with van der Waals surface area (Å²) in [4.78, 5) is 15.1. The van der Waals surface area contributed by atoms with E-state index in [2.05, 4.69) is 97.1 Å². The predicted octanol–water partition coefficient (Wildman–Crippen LogP) is 12.5. The van der Waals surface area contributed by atoms with Crippen molar-refractivity contribution in [3.05, 3.63) is 164 Å². The fraction of sp³-hybridized carbons (Fsp3) is 0. The van der Waals surface area contributed by atoms with E-state index in [0.29, 0.717) is 17.5 Å². The first-order valence-corrected chi connectivity index (χ1v) is 17.4. The molecule has 0 aliphatic heterocycles. The van der Waals surface area contributed by atoms with Crippen molar-refractivity contribution < 1.29 is 4.42 Å². The minimum Gasteiger partial charge on any atom is -0.455 e. The van der Waals surface area contributed by atoms with Crippen LogP contribution in [0, 0.1) is 0 Å². The predicted molar refractivity (Wildman–Crippen MR) is 207 cm³/mol. The molecule has 50 heavy (non-hydrogen) atoms. The Labute approximate surface area is 292 Å². The molecule has 0 aliphatic carbocycles. The number of aromatic nitrogens is 3. The zero-order chi connectivity index (χ0) is 33.0. The van der Waals surface area contributed by atoms with Crippen molar-refractivity contribution in [3.8, 4) is 56.4 Å². The normalized spacial score (nSPS) is 11.6. The van der Waals surface area contributed by atoms with Crippen LogP contribution >= 0.6 is 11.3 Å². The van der Waals surface area contributed by atoms with Crippen LogP contribution in [-0.4, -0.2) is 15.0 Å². The summed E-state index contributed by atoms with van der Waals surface area (Å²) in [6.45, 7) is 0. The molecule has 3 heterocycles. The molecule has 0 aliphatic rings. The van der Waals surface area contributed by atoms with Gasteiger partial charge in [-0.25, -0.2) is 15.0 Å². The second-order valence-corrected chi connectivity index (χ2v) is 13.4. The maximum absolute atomic E-state index is 6.70. The summed E-state index contributed by atoms with van der Waals surface area (Å²) in [6, 6.07) is 56.6. The van der Waals surface area contributed by atoms with E-state index in [9.17, 15) is 0 Å². The number of thiophene rings is 1. The standard InChI is InChI=1S/C45H27N3OS/c1-4-14-28(15-5-1)31-26-27-32(40-39(31)36-20-10-11-25-38(36)49-40)33-21-12-22-34-35-23-13-24-37(42(35)50-41(33)34)45-47-43(29-16-6-2-7-17-29)46-44(48-45)30-18-8-3-9-19-30/h1-27H. The number of fused-ring (bicyclic) bond motifs is 6. The molecule has 4 nitrogen and oxygen atoms in total. The molecule has 7 aromatic carbocycles. The average Bonchev–Trinajstić information content (AvgIpc) is 3.78. The first kappa shape index (κ1) is 28.6. The lowest BCUT2D eigenvalue weighted by atomic mass is 9.94. The van der Waals surface area contributed by atoms with Gasteiger partial charge in [0.1, 0.15) is 11.2 Å². The summed E-state index contributed by atoms with van der Waals surface area (Å²) in [5.41, 5.74) is 9.23. The molecule has 3 aromatic heterocycles. The highest BCUT2D eigenvalue weighted by Gasteiger charge is 2.21. The summed E-state index contributed by atoms with van der Waals surface area (Å²) in [5.74, 6) is 1.96. The summed E-state index contributed by atoms with van der Waals surface area (Å²) >= 11 is 1.78. The van der Waals surface area contributed by atoms with Crippen molar-refractivity contribution in [3.63, 3.8) is 0 Å². The van der Waals surface area contributed by atoms with Crippen molar-refractivity contribution in [2.45, 2.75) is 0 Å². The van der Waals surface area contributed by atoms with E-state index in [1.165, 1.54) is 26.6 Å². The van der Waals surface area contributed by atoms with Gasteiger partial charge in [-0.3, -0.25) is 0 Å². The van der Waals surface area contributed by atoms with Crippen LogP contribution in [0.3, 0.4) is 0 Å². The summed E-state index contributed by atoms with van der Waals surface area (Å²) in [7, 11) is 0. The minimum atomic E-state index is 0.652. The highest BCUT2D eigenvalue weighted by molar-refractivity contribution is 7.26. The first-order chi connectivity index (χ1) is 24.8. The van der Waals surface area contributed by atoms with Gasteiger partial charge < -0.3 is 4.42 Å². The molecule has 0 atom stereocenters. The van der Waals surface area contributed by atoms with E-state index in [-0.39, 0.29) is 0 Å². The zero-order valence-electron chi connectivity index (χ0n) is 26.7. The molecule has 10 rings (SSSR count). The van der Waals surface area contributed by atoms with Crippen LogP contribution in [0.1, 0.15) is 0 Å². The Kier molecular flexibility index (Phi) is 6.64. The monoisotopic (exact) mass is 657 g/mol. The number of nitrogens with zero attached hydrogens (tertiary/aromatic N) is 3. The maximum atomic E-state index is 6.70. The summed E-state index contributed by atoms with van der Waals surface area (Å²) in [6.07, 6.45) is 0. The van der Waals surface area contributed by atoms with E-state index in [4.69, 9.17) is 19.4 Å². The molecule has 234 valence electrons. The van der Waals surface area contributed by atoms with Gasteiger partial charge in [0.2, 0.25) is 0 Å². The Morgan fingerprint density at radius 2 is 0.860 bits per heavy atom. The number of furan rings is 1. The van der Waals surface area contributed by atoms with Crippen LogP contribution in [0.5, 0.6) is 0 Å². The zero-order valence-corrected chi connectivity index (χ0v) is 27.6. The lowest BCUT2D eigenvalue weighted by Crippen LogP contribution is -2.00. The Balaban J connectivity index is 1.21. The first-order valence-electron chi connectivity index (χ1n) is 16.6. The van der Waals surface area contributed by atoms with Crippen molar-refractivity contribution >= 4 is 53.4 Å². The van der Waals surface area contributed by atoms with Crippen molar-refractivity contribution in [2.75, 3.05) is 0 Å². The van der Waals surface area contributed by atoms with Gasteiger partial charge in [-0.05, 0) is 29.3 Å². The van der Waals surface area contributed by atoms with Gasteiger partial charge >= 0.3 is 0 Å². The van der Waals surface area contributed by atoms with E-state index >= 15 is 0 Å². The number of rotatable bonds is 5. The van der Waals surface area contributed by atoms with Crippen molar-refractivity contribution in [1.29, 1.82) is 0 Å².